The molecule has 2 heteroatoms. The smallest absolute Gasteiger partial charge is 0.0226 e. The third kappa shape index (κ3) is 6.39. The summed E-state index contributed by atoms with van der Waals surface area (Å²) in [6.07, 6.45) is 3.75. The van der Waals surface area contributed by atoms with Crippen LogP contribution in [0.5, 0.6) is 0 Å². The van der Waals surface area contributed by atoms with Crippen molar-refractivity contribution < 1.29 is 0 Å². The standard InChI is InChI=1S/C12H28N2/c1-6-8-9-14(11(3)7-2)10-12(4,5)13/h11H,6-10,13H2,1-5H3. The van der Waals surface area contributed by atoms with E-state index in [0.717, 1.165) is 6.54 Å². The van der Waals surface area contributed by atoms with Crippen LogP contribution in [0.2, 0.25) is 0 Å². The molecule has 0 aromatic rings. The lowest BCUT2D eigenvalue weighted by Gasteiger charge is -2.34. The molecule has 86 valence electrons. The van der Waals surface area contributed by atoms with Gasteiger partial charge < -0.3 is 5.73 Å². The molecule has 0 bridgehead atoms. The summed E-state index contributed by atoms with van der Waals surface area (Å²) in [4.78, 5) is 2.52. The van der Waals surface area contributed by atoms with Gasteiger partial charge in [0.15, 0.2) is 0 Å². The number of unbranched alkanes of at least 4 members (excludes halogenated alkanes) is 1. The van der Waals surface area contributed by atoms with Gasteiger partial charge in [0, 0.05) is 18.1 Å². The molecule has 0 rings (SSSR count). The Balaban J connectivity index is 4.10. The van der Waals surface area contributed by atoms with Crippen molar-refractivity contribution in [3.63, 3.8) is 0 Å². The average molecular weight is 200 g/mol. The van der Waals surface area contributed by atoms with E-state index in [1.165, 1.54) is 25.8 Å². The Bertz CT molecular complexity index is 138. The molecule has 2 N–H and O–H groups in total. The third-order valence-electron chi connectivity index (χ3n) is 2.62. The Labute approximate surface area is 89.9 Å². The normalized spacial score (nSPS) is 14.8. The highest BCUT2D eigenvalue weighted by atomic mass is 15.2. The van der Waals surface area contributed by atoms with Gasteiger partial charge in [0.1, 0.15) is 0 Å². The number of nitrogens with zero attached hydrogens (tertiary/aromatic N) is 1. The highest BCUT2D eigenvalue weighted by Gasteiger charge is 2.19. The van der Waals surface area contributed by atoms with Crippen molar-refractivity contribution in [3.8, 4) is 0 Å². The maximum atomic E-state index is 6.06. The molecule has 0 heterocycles. The predicted molar refractivity (Wildman–Crippen MR) is 64.5 cm³/mol. The second-order valence-corrected chi connectivity index (χ2v) is 5.07. The molecule has 0 aromatic carbocycles. The molecule has 0 aliphatic carbocycles. The van der Waals surface area contributed by atoms with Crippen molar-refractivity contribution in [1.82, 2.24) is 4.90 Å². The van der Waals surface area contributed by atoms with Gasteiger partial charge in [-0.05, 0) is 40.2 Å². The van der Waals surface area contributed by atoms with Crippen LogP contribution in [0.25, 0.3) is 0 Å². The first-order valence-electron chi connectivity index (χ1n) is 5.93. The SMILES string of the molecule is CCCCN(CC(C)(C)N)C(C)CC. The summed E-state index contributed by atoms with van der Waals surface area (Å²) in [5.74, 6) is 0. The summed E-state index contributed by atoms with van der Waals surface area (Å²) in [5.41, 5.74) is 5.99. The van der Waals surface area contributed by atoms with Crippen LogP contribution < -0.4 is 5.73 Å². The van der Waals surface area contributed by atoms with E-state index in [0.29, 0.717) is 6.04 Å². The van der Waals surface area contributed by atoms with Crippen molar-refractivity contribution in [2.24, 2.45) is 5.73 Å². The molecule has 14 heavy (non-hydrogen) atoms. The molecule has 0 saturated carbocycles. The first-order chi connectivity index (χ1) is 6.40. The molecule has 1 atom stereocenters. The van der Waals surface area contributed by atoms with Crippen LogP contribution >= 0.6 is 0 Å². The Morgan fingerprint density at radius 3 is 2.21 bits per heavy atom. The van der Waals surface area contributed by atoms with Gasteiger partial charge in [-0.1, -0.05) is 20.3 Å². The molecule has 0 aromatic heterocycles. The lowest BCUT2D eigenvalue weighted by Crippen LogP contribution is -2.48. The van der Waals surface area contributed by atoms with Crippen LogP contribution in [0.15, 0.2) is 0 Å². The molecule has 1 unspecified atom stereocenters. The zero-order chi connectivity index (χ0) is 11.2. The molecule has 0 spiro atoms. The maximum absolute atomic E-state index is 6.06. The summed E-state index contributed by atoms with van der Waals surface area (Å²) in [6, 6.07) is 0.657. The quantitative estimate of drug-likeness (QED) is 0.684. The largest absolute Gasteiger partial charge is 0.324 e. The molecular formula is C12H28N2. The van der Waals surface area contributed by atoms with Gasteiger partial charge >= 0.3 is 0 Å². The number of nitrogens with two attached hydrogens (primary N) is 1. The van der Waals surface area contributed by atoms with E-state index in [1.807, 2.05) is 0 Å². The van der Waals surface area contributed by atoms with Crippen LogP contribution in [0.4, 0.5) is 0 Å². The van der Waals surface area contributed by atoms with E-state index in [-0.39, 0.29) is 5.54 Å². The summed E-state index contributed by atoms with van der Waals surface area (Å²) < 4.78 is 0. The van der Waals surface area contributed by atoms with Crippen molar-refractivity contribution in [3.05, 3.63) is 0 Å². The zero-order valence-corrected chi connectivity index (χ0v) is 10.6. The fourth-order valence-electron chi connectivity index (χ4n) is 1.60. The summed E-state index contributed by atoms with van der Waals surface area (Å²) in [6.45, 7) is 13.2. The van der Waals surface area contributed by atoms with Crippen LogP contribution in [-0.2, 0) is 0 Å². The van der Waals surface area contributed by atoms with Gasteiger partial charge in [-0.15, -0.1) is 0 Å². The fourth-order valence-corrected chi connectivity index (χ4v) is 1.60. The van der Waals surface area contributed by atoms with E-state index in [9.17, 15) is 0 Å². The van der Waals surface area contributed by atoms with Crippen LogP contribution in [-0.4, -0.2) is 29.6 Å². The molecule has 2 nitrogen and oxygen atoms in total. The monoisotopic (exact) mass is 200 g/mol. The fraction of sp³-hybridized carbons (Fsp3) is 1.00. The Kier molecular flexibility index (Phi) is 6.38. The number of rotatable bonds is 7. The predicted octanol–water partition coefficient (Wildman–Crippen LogP) is 2.62. The average Bonchev–Trinajstić information content (AvgIpc) is 2.09. The first kappa shape index (κ1) is 13.9. The lowest BCUT2D eigenvalue weighted by atomic mass is 10.0. The van der Waals surface area contributed by atoms with Gasteiger partial charge in [-0.25, -0.2) is 0 Å². The second-order valence-electron chi connectivity index (χ2n) is 5.07. The molecule has 0 fully saturated rings. The summed E-state index contributed by atoms with van der Waals surface area (Å²) in [5, 5.41) is 0. The van der Waals surface area contributed by atoms with E-state index >= 15 is 0 Å². The molecular weight excluding hydrogens is 172 g/mol. The molecule has 0 aliphatic rings. The maximum Gasteiger partial charge on any atom is 0.0226 e. The highest BCUT2D eigenvalue weighted by Crippen LogP contribution is 2.10. The van der Waals surface area contributed by atoms with E-state index in [1.54, 1.807) is 0 Å². The van der Waals surface area contributed by atoms with Crippen molar-refractivity contribution in [1.29, 1.82) is 0 Å². The van der Waals surface area contributed by atoms with Gasteiger partial charge in [-0.2, -0.15) is 0 Å². The topological polar surface area (TPSA) is 29.3 Å². The molecule has 0 radical (unpaired) electrons. The van der Waals surface area contributed by atoms with Crippen LogP contribution in [0.1, 0.15) is 53.9 Å². The zero-order valence-electron chi connectivity index (χ0n) is 10.6. The summed E-state index contributed by atoms with van der Waals surface area (Å²) >= 11 is 0. The van der Waals surface area contributed by atoms with Gasteiger partial charge in [0.25, 0.3) is 0 Å². The van der Waals surface area contributed by atoms with Crippen molar-refractivity contribution in [2.45, 2.75) is 65.5 Å². The van der Waals surface area contributed by atoms with Gasteiger partial charge in [-0.3, -0.25) is 4.90 Å². The summed E-state index contributed by atoms with van der Waals surface area (Å²) in [7, 11) is 0. The number of hydrogen-bond donors (Lipinski definition) is 1. The second kappa shape index (κ2) is 6.41. The first-order valence-corrected chi connectivity index (χ1v) is 5.93. The third-order valence-corrected chi connectivity index (χ3v) is 2.62. The minimum absolute atomic E-state index is 0.0723. The Hall–Kier alpha value is -0.0800. The Morgan fingerprint density at radius 2 is 1.86 bits per heavy atom. The minimum atomic E-state index is -0.0723. The molecule has 0 amide bonds. The van der Waals surface area contributed by atoms with Crippen LogP contribution in [0.3, 0.4) is 0 Å². The number of hydrogen-bond acceptors (Lipinski definition) is 2. The van der Waals surface area contributed by atoms with E-state index in [2.05, 4.69) is 39.5 Å². The molecule has 0 aliphatic heterocycles. The van der Waals surface area contributed by atoms with Crippen molar-refractivity contribution >= 4 is 0 Å². The lowest BCUT2D eigenvalue weighted by molar-refractivity contribution is 0.167. The van der Waals surface area contributed by atoms with Crippen molar-refractivity contribution in [2.75, 3.05) is 13.1 Å². The minimum Gasteiger partial charge on any atom is -0.324 e. The highest BCUT2D eigenvalue weighted by molar-refractivity contribution is 4.79. The van der Waals surface area contributed by atoms with Gasteiger partial charge in [0.2, 0.25) is 0 Å². The van der Waals surface area contributed by atoms with Crippen LogP contribution in [0, 0.1) is 0 Å². The molecule has 0 saturated heterocycles. The van der Waals surface area contributed by atoms with E-state index in [4.69, 9.17) is 5.73 Å². The van der Waals surface area contributed by atoms with Gasteiger partial charge in [0.05, 0.1) is 0 Å². The Morgan fingerprint density at radius 1 is 1.29 bits per heavy atom. The van der Waals surface area contributed by atoms with E-state index < -0.39 is 0 Å².